The number of ether oxygens (including phenoxy) is 2. The van der Waals surface area contributed by atoms with E-state index in [1.54, 1.807) is 26.2 Å². The van der Waals surface area contributed by atoms with Crippen LogP contribution in [0.5, 0.6) is 11.5 Å². The minimum absolute atomic E-state index is 0.0412. The third kappa shape index (κ3) is 5.59. The maximum atomic E-state index is 12.6. The van der Waals surface area contributed by atoms with E-state index < -0.39 is 0 Å². The highest BCUT2D eigenvalue weighted by atomic mass is 16.5. The molecule has 164 valence electrons. The summed E-state index contributed by atoms with van der Waals surface area (Å²) in [5.74, 6) is 2.25. The van der Waals surface area contributed by atoms with Crippen molar-refractivity contribution in [3.05, 3.63) is 53.6 Å². The van der Waals surface area contributed by atoms with Crippen molar-refractivity contribution >= 4 is 5.91 Å². The Morgan fingerprint density at radius 1 is 1.06 bits per heavy atom. The summed E-state index contributed by atoms with van der Waals surface area (Å²) in [7, 11) is 4.98. The Kier molecular flexibility index (Phi) is 7.23. The molecule has 8 heteroatoms. The van der Waals surface area contributed by atoms with Gasteiger partial charge in [-0.15, -0.1) is 10.2 Å². The summed E-state index contributed by atoms with van der Waals surface area (Å²) in [5, 5.41) is 12.5. The molecule has 0 saturated heterocycles. The number of amides is 1. The van der Waals surface area contributed by atoms with Crippen molar-refractivity contribution in [3.8, 4) is 22.9 Å². The quantitative estimate of drug-likeness (QED) is 0.526. The number of carbonyl (C=O) groups is 1. The van der Waals surface area contributed by atoms with Gasteiger partial charge in [0.15, 0.2) is 11.5 Å². The molecule has 1 amide bonds. The minimum atomic E-state index is -0.0837. The molecular weight excluding hydrogens is 394 g/mol. The van der Waals surface area contributed by atoms with Gasteiger partial charge in [0, 0.05) is 19.2 Å². The fourth-order valence-corrected chi connectivity index (χ4v) is 3.14. The largest absolute Gasteiger partial charge is 0.493 e. The highest BCUT2D eigenvalue weighted by Crippen LogP contribution is 2.27. The van der Waals surface area contributed by atoms with Crippen LogP contribution < -0.4 is 9.47 Å². The first-order chi connectivity index (χ1) is 14.9. The van der Waals surface area contributed by atoms with Crippen LogP contribution in [0.2, 0.25) is 0 Å². The van der Waals surface area contributed by atoms with Crippen LogP contribution in [-0.4, -0.2) is 58.8 Å². The Balaban J connectivity index is 1.56. The van der Waals surface area contributed by atoms with Gasteiger partial charge in [0.1, 0.15) is 6.54 Å². The minimum Gasteiger partial charge on any atom is -0.493 e. The van der Waals surface area contributed by atoms with E-state index in [1.807, 2.05) is 30.3 Å². The van der Waals surface area contributed by atoms with Crippen molar-refractivity contribution in [3.63, 3.8) is 0 Å². The first kappa shape index (κ1) is 22.3. The van der Waals surface area contributed by atoms with Gasteiger partial charge >= 0.3 is 0 Å². The van der Waals surface area contributed by atoms with Crippen LogP contribution in [0.15, 0.2) is 42.5 Å². The van der Waals surface area contributed by atoms with Crippen molar-refractivity contribution in [2.24, 2.45) is 0 Å². The normalized spacial score (nSPS) is 10.9. The van der Waals surface area contributed by atoms with Gasteiger partial charge in [-0.2, -0.15) is 4.80 Å². The fraction of sp³-hybridized carbons (Fsp3) is 0.391. The maximum absolute atomic E-state index is 12.6. The number of hydrogen-bond donors (Lipinski definition) is 0. The molecule has 0 spiro atoms. The lowest BCUT2D eigenvalue weighted by atomic mass is 10.0. The zero-order chi connectivity index (χ0) is 22.4. The molecule has 1 aromatic heterocycles. The smallest absolute Gasteiger partial charge is 0.245 e. The summed E-state index contributed by atoms with van der Waals surface area (Å²) in [5.41, 5.74) is 3.19. The van der Waals surface area contributed by atoms with Gasteiger partial charge in [-0.3, -0.25) is 4.79 Å². The molecule has 8 nitrogen and oxygen atoms in total. The van der Waals surface area contributed by atoms with E-state index in [4.69, 9.17) is 9.47 Å². The Labute approximate surface area is 182 Å². The second-order valence-corrected chi connectivity index (χ2v) is 7.67. The predicted molar refractivity (Wildman–Crippen MR) is 118 cm³/mol. The number of carbonyl (C=O) groups excluding carboxylic acids is 1. The average molecular weight is 424 g/mol. The van der Waals surface area contributed by atoms with Crippen LogP contribution >= 0.6 is 0 Å². The van der Waals surface area contributed by atoms with Crippen molar-refractivity contribution in [2.75, 3.05) is 27.8 Å². The molecule has 3 rings (SSSR count). The molecule has 2 aromatic carbocycles. The van der Waals surface area contributed by atoms with Crippen molar-refractivity contribution in [1.82, 2.24) is 25.1 Å². The zero-order valence-electron chi connectivity index (χ0n) is 18.7. The van der Waals surface area contributed by atoms with E-state index in [2.05, 4.69) is 41.4 Å². The molecule has 0 unspecified atom stereocenters. The number of tetrazole rings is 1. The monoisotopic (exact) mass is 423 g/mol. The molecule has 0 aliphatic carbocycles. The predicted octanol–water partition coefficient (Wildman–Crippen LogP) is 3.18. The standard InChI is InChI=1S/C23H29N5O3/c1-16(2)18-7-9-19(10-8-18)23-24-26-28(25-23)15-22(29)27(3)13-12-17-6-11-20(30-4)21(14-17)31-5/h6-11,14,16H,12-13,15H2,1-5H3. The molecule has 0 bridgehead atoms. The third-order valence-electron chi connectivity index (χ3n) is 5.17. The molecule has 0 fully saturated rings. The molecule has 0 saturated carbocycles. The zero-order valence-corrected chi connectivity index (χ0v) is 18.7. The highest BCUT2D eigenvalue weighted by molar-refractivity contribution is 5.75. The van der Waals surface area contributed by atoms with Gasteiger partial charge in [0.2, 0.25) is 11.7 Å². The second kappa shape index (κ2) is 10.1. The molecule has 0 atom stereocenters. The molecule has 1 heterocycles. The number of hydrogen-bond acceptors (Lipinski definition) is 6. The second-order valence-electron chi connectivity index (χ2n) is 7.67. The molecule has 0 aliphatic rings. The van der Waals surface area contributed by atoms with Gasteiger partial charge in [0.05, 0.1) is 14.2 Å². The lowest BCUT2D eigenvalue weighted by molar-refractivity contribution is -0.130. The molecule has 3 aromatic rings. The first-order valence-electron chi connectivity index (χ1n) is 10.2. The molecule has 31 heavy (non-hydrogen) atoms. The van der Waals surface area contributed by atoms with Gasteiger partial charge in [-0.05, 0) is 40.8 Å². The van der Waals surface area contributed by atoms with Crippen LogP contribution in [0.4, 0.5) is 0 Å². The van der Waals surface area contributed by atoms with E-state index in [1.165, 1.54) is 10.4 Å². The van der Waals surface area contributed by atoms with Crippen LogP contribution in [0.1, 0.15) is 30.9 Å². The average Bonchev–Trinajstić information content (AvgIpc) is 3.25. The molecule has 0 N–H and O–H groups in total. The van der Waals surface area contributed by atoms with Gasteiger partial charge in [-0.1, -0.05) is 44.2 Å². The fourth-order valence-electron chi connectivity index (χ4n) is 3.14. The lowest BCUT2D eigenvalue weighted by Gasteiger charge is -2.17. The topological polar surface area (TPSA) is 82.4 Å². The number of likely N-dealkylation sites (N-methyl/N-ethyl adjacent to an activating group) is 1. The highest BCUT2D eigenvalue weighted by Gasteiger charge is 2.14. The van der Waals surface area contributed by atoms with Gasteiger partial charge in [0.25, 0.3) is 0 Å². The van der Waals surface area contributed by atoms with Crippen LogP contribution in [-0.2, 0) is 17.8 Å². The number of rotatable bonds is 9. The van der Waals surface area contributed by atoms with Crippen LogP contribution in [0.25, 0.3) is 11.4 Å². The van der Waals surface area contributed by atoms with Gasteiger partial charge < -0.3 is 14.4 Å². The molecule has 0 radical (unpaired) electrons. The number of aromatic nitrogens is 4. The summed E-state index contributed by atoms with van der Waals surface area (Å²) in [6.07, 6.45) is 0.695. The summed E-state index contributed by atoms with van der Waals surface area (Å²) < 4.78 is 10.6. The Morgan fingerprint density at radius 3 is 2.42 bits per heavy atom. The van der Waals surface area contributed by atoms with E-state index >= 15 is 0 Å². The number of methoxy groups -OCH3 is 2. The molecule has 0 aliphatic heterocycles. The number of nitrogens with zero attached hydrogens (tertiary/aromatic N) is 5. The van der Waals surface area contributed by atoms with Crippen molar-refractivity contribution in [1.29, 1.82) is 0 Å². The van der Waals surface area contributed by atoms with E-state index in [0.717, 1.165) is 11.1 Å². The van der Waals surface area contributed by atoms with E-state index in [-0.39, 0.29) is 12.5 Å². The van der Waals surface area contributed by atoms with E-state index in [9.17, 15) is 4.79 Å². The lowest BCUT2D eigenvalue weighted by Crippen LogP contribution is -2.32. The third-order valence-corrected chi connectivity index (χ3v) is 5.17. The first-order valence-corrected chi connectivity index (χ1v) is 10.2. The van der Waals surface area contributed by atoms with Gasteiger partial charge in [-0.25, -0.2) is 0 Å². The van der Waals surface area contributed by atoms with Crippen molar-refractivity contribution < 1.29 is 14.3 Å². The van der Waals surface area contributed by atoms with Crippen molar-refractivity contribution in [2.45, 2.75) is 32.7 Å². The number of benzene rings is 2. The summed E-state index contributed by atoms with van der Waals surface area (Å²) in [4.78, 5) is 15.6. The Hall–Kier alpha value is -3.42. The Bertz CT molecular complexity index is 1010. The Morgan fingerprint density at radius 2 is 1.77 bits per heavy atom. The summed E-state index contributed by atoms with van der Waals surface area (Å²) >= 11 is 0. The summed E-state index contributed by atoms with van der Waals surface area (Å²) in [6.45, 7) is 4.90. The SMILES string of the molecule is COc1ccc(CCN(C)C(=O)Cn2nnc(-c3ccc(C(C)C)cc3)n2)cc1OC. The van der Waals surface area contributed by atoms with Crippen LogP contribution in [0, 0.1) is 0 Å². The van der Waals surface area contributed by atoms with E-state index in [0.29, 0.717) is 36.2 Å². The maximum Gasteiger partial charge on any atom is 0.245 e. The molecular formula is C23H29N5O3. The summed E-state index contributed by atoms with van der Waals surface area (Å²) in [6, 6.07) is 13.8. The van der Waals surface area contributed by atoms with Crippen LogP contribution in [0.3, 0.4) is 0 Å².